The van der Waals surface area contributed by atoms with Crippen molar-refractivity contribution < 1.29 is 14.4 Å². The minimum Gasteiger partial charge on any atom is -0.349 e. The van der Waals surface area contributed by atoms with Gasteiger partial charge in [0.05, 0.1) is 0 Å². The second-order valence-corrected chi connectivity index (χ2v) is 7.88. The predicted molar refractivity (Wildman–Crippen MR) is 114 cm³/mol. The molecule has 4 rings (SSSR count). The predicted octanol–water partition coefficient (Wildman–Crippen LogP) is 3.02. The molecule has 1 heterocycles. The van der Waals surface area contributed by atoms with Crippen LogP contribution in [0.3, 0.4) is 0 Å². The zero-order valence-electron chi connectivity index (χ0n) is 16.8. The molecule has 1 aliphatic carbocycles. The van der Waals surface area contributed by atoms with Crippen LogP contribution in [0.4, 0.5) is 10.5 Å². The van der Waals surface area contributed by atoms with Gasteiger partial charge >= 0.3 is 6.03 Å². The number of hydrogen-bond acceptors (Lipinski definition) is 3. The highest BCUT2D eigenvalue weighted by Crippen LogP contribution is 2.20. The maximum Gasteiger partial charge on any atom is 0.319 e. The van der Waals surface area contributed by atoms with Crippen molar-refractivity contribution in [3.05, 3.63) is 65.2 Å². The highest BCUT2D eigenvalue weighted by Gasteiger charge is 2.24. The van der Waals surface area contributed by atoms with E-state index in [2.05, 4.69) is 16.0 Å². The Morgan fingerprint density at radius 2 is 1.83 bits per heavy atom. The number of nitrogens with zero attached hydrogens (tertiary/aromatic N) is 1. The third-order valence-electron chi connectivity index (χ3n) is 5.28. The van der Waals surface area contributed by atoms with Crippen LogP contribution in [-0.4, -0.2) is 35.3 Å². The monoisotopic (exact) mass is 406 g/mol. The average Bonchev–Trinajstić information content (AvgIpc) is 3.47. The molecular weight excluding hydrogens is 380 g/mol. The van der Waals surface area contributed by atoms with Crippen LogP contribution in [0.15, 0.2) is 48.5 Å². The van der Waals surface area contributed by atoms with Gasteiger partial charge in [-0.1, -0.05) is 30.3 Å². The summed E-state index contributed by atoms with van der Waals surface area (Å²) < 4.78 is 0. The van der Waals surface area contributed by atoms with Crippen LogP contribution in [0.25, 0.3) is 0 Å². The van der Waals surface area contributed by atoms with E-state index in [1.54, 1.807) is 24.3 Å². The first-order chi connectivity index (χ1) is 14.6. The molecule has 0 spiro atoms. The van der Waals surface area contributed by atoms with Gasteiger partial charge in [-0.05, 0) is 48.6 Å². The van der Waals surface area contributed by atoms with E-state index in [0.29, 0.717) is 30.8 Å². The van der Waals surface area contributed by atoms with Crippen LogP contribution in [0.5, 0.6) is 0 Å². The lowest BCUT2D eigenvalue weighted by atomic mass is 10.1. The Morgan fingerprint density at radius 1 is 1.03 bits per heavy atom. The molecule has 2 aromatic carbocycles. The molecule has 1 saturated heterocycles. The number of anilines is 1. The number of hydrogen-bond donors (Lipinski definition) is 3. The van der Waals surface area contributed by atoms with Gasteiger partial charge in [0.1, 0.15) is 0 Å². The van der Waals surface area contributed by atoms with Crippen molar-refractivity contribution in [2.45, 2.75) is 44.8 Å². The number of urea groups is 1. The summed E-state index contributed by atoms with van der Waals surface area (Å²) in [6.07, 6.45) is 3.61. The number of carbonyl (C=O) groups excluding carboxylic acids is 3. The first-order valence-corrected chi connectivity index (χ1v) is 10.4. The van der Waals surface area contributed by atoms with Gasteiger partial charge in [-0.25, -0.2) is 4.79 Å². The van der Waals surface area contributed by atoms with Gasteiger partial charge in [-0.15, -0.1) is 0 Å². The Balaban J connectivity index is 1.29. The minimum atomic E-state index is -0.338. The summed E-state index contributed by atoms with van der Waals surface area (Å²) >= 11 is 0. The zero-order valence-corrected chi connectivity index (χ0v) is 16.8. The number of benzene rings is 2. The maximum absolute atomic E-state index is 12.3. The van der Waals surface area contributed by atoms with E-state index < -0.39 is 0 Å². The van der Waals surface area contributed by atoms with Gasteiger partial charge in [0.15, 0.2) is 0 Å². The molecule has 156 valence electrons. The van der Waals surface area contributed by atoms with Crippen LogP contribution < -0.4 is 16.0 Å². The topological polar surface area (TPSA) is 90.5 Å². The molecule has 4 amide bonds. The van der Waals surface area contributed by atoms with E-state index in [9.17, 15) is 14.4 Å². The molecular formula is C23H26N4O3. The second kappa shape index (κ2) is 8.98. The first kappa shape index (κ1) is 19.9. The fourth-order valence-corrected chi connectivity index (χ4v) is 3.52. The molecule has 1 aliphatic heterocycles. The molecule has 1 saturated carbocycles. The number of likely N-dealkylation sites (tertiary alicyclic amines) is 1. The van der Waals surface area contributed by atoms with E-state index in [0.717, 1.165) is 36.9 Å². The lowest BCUT2D eigenvalue weighted by Crippen LogP contribution is -2.29. The molecule has 3 N–H and O–H groups in total. The number of amides is 4. The lowest BCUT2D eigenvalue weighted by Gasteiger charge is -2.16. The number of carbonyl (C=O) groups is 3. The summed E-state index contributed by atoms with van der Waals surface area (Å²) in [4.78, 5) is 38.1. The molecule has 7 heteroatoms. The van der Waals surface area contributed by atoms with Crippen molar-refractivity contribution in [2.75, 3.05) is 11.9 Å². The molecule has 0 atom stereocenters. The molecule has 0 radical (unpaired) electrons. The van der Waals surface area contributed by atoms with E-state index in [1.165, 1.54) is 0 Å². The first-order valence-electron chi connectivity index (χ1n) is 10.4. The van der Waals surface area contributed by atoms with E-state index >= 15 is 0 Å². The fraction of sp³-hybridized carbons (Fsp3) is 0.348. The Kier molecular flexibility index (Phi) is 5.97. The van der Waals surface area contributed by atoms with Gasteiger partial charge in [-0.3, -0.25) is 9.59 Å². The number of rotatable bonds is 7. The van der Waals surface area contributed by atoms with Gasteiger partial charge < -0.3 is 20.9 Å². The average molecular weight is 406 g/mol. The van der Waals surface area contributed by atoms with Crippen molar-refractivity contribution in [1.29, 1.82) is 0 Å². The quantitative estimate of drug-likeness (QED) is 0.660. The molecule has 2 aliphatic rings. The van der Waals surface area contributed by atoms with Crippen molar-refractivity contribution >= 4 is 23.5 Å². The molecule has 7 nitrogen and oxygen atoms in total. The molecule has 0 unspecified atom stereocenters. The summed E-state index contributed by atoms with van der Waals surface area (Å²) in [6.45, 7) is 1.78. The second-order valence-electron chi connectivity index (χ2n) is 7.88. The maximum atomic E-state index is 12.3. The van der Waals surface area contributed by atoms with Gasteiger partial charge in [0, 0.05) is 43.3 Å². The fourth-order valence-electron chi connectivity index (χ4n) is 3.52. The SMILES string of the molecule is O=C(NCc1cccc(CN2CCCC2=O)c1)Nc1cccc(C(=O)NC2CC2)c1. The Bertz CT molecular complexity index is 955. The van der Waals surface area contributed by atoms with E-state index in [-0.39, 0.29) is 23.9 Å². The van der Waals surface area contributed by atoms with Crippen LogP contribution in [0.2, 0.25) is 0 Å². The summed E-state index contributed by atoms with van der Waals surface area (Å²) in [5.41, 5.74) is 3.12. The van der Waals surface area contributed by atoms with E-state index in [1.807, 2.05) is 29.2 Å². The zero-order chi connectivity index (χ0) is 20.9. The number of nitrogens with one attached hydrogen (secondary N) is 3. The molecule has 2 fully saturated rings. The summed E-state index contributed by atoms with van der Waals surface area (Å²) in [7, 11) is 0. The summed E-state index contributed by atoms with van der Waals surface area (Å²) in [5.74, 6) is 0.0841. The third-order valence-corrected chi connectivity index (χ3v) is 5.28. The normalized spacial score (nSPS) is 15.7. The minimum absolute atomic E-state index is 0.116. The highest BCUT2D eigenvalue weighted by molar-refractivity contribution is 5.97. The molecule has 0 aromatic heterocycles. The van der Waals surface area contributed by atoms with Crippen molar-refractivity contribution in [3.63, 3.8) is 0 Å². The Hall–Kier alpha value is -3.35. The standard InChI is InChI=1S/C23H26N4O3/c28-21-8-3-11-27(21)15-17-5-1-4-16(12-17)14-24-23(30)26-20-7-2-6-18(13-20)22(29)25-19-9-10-19/h1-2,4-7,12-13,19H,3,8-11,14-15H2,(H,25,29)(H2,24,26,30). The summed E-state index contributed by atoms with van der Waals surface area (Å²) in [5, 5.41) is 8.55. The Morgan fingerprint density at radius 3 is 2.60 bits per heavy atom. The molecule has 0 bridgehead atoms. The molecule has 30 heavy (non-hydrogen) atoms. The van der Waals surface area contributed by atoms with Crippen LogP contribution in [0.1, 0.15) is 47.2 Å². The van der Waals surface area contributed by atoms with Crippen molar-refractivity contribution in [3.8, 4) is 0 Å². The molecule has 2 aromatic rings. The van der Waals surface area contributed by atoms with Crippen LogP contribution in [0, 0.1) is 0 Å². The van der Waals surface area contributed by atoms with Gasteiger partial charge in [0.2, 0.25) is 5.91 Å². The summed E-state index contributed by atoms with van der Waals surface area (Å²) in [6, 6.07) is 14.7. The van der Waals surface area contributed by atoms with Crippen molar-refractivity contribution in [1.82, 2.24) is 15.5 Å². The van der Waals surface area contributed by atoms with Crippen LogP contribution in [-0.2, 0) is 17.9 Å². The van der Waals surface area contributed by atoms with Crippen LogP contribution >= 0.6 is 0 Å². The highest BCUT2D eigenvalue weighted by atomic mass is 16.2. The van der Waals surface area contributed by atoms with Crippen molar-refractivity contribution in [2.24, 2.45) is 0 Å². The lowest BCUT2D eigenvalue weighted by molar-refractivity contribution is -0.128. The van der Waals surface area contributed by atoms with Gasteiger partial charge in [0.25, 0.3) is 5.91 Å². The van der Waals surface area contributed by atoms with Gasteiger partial charge in [-0.2, -0.15) is 0 Å². The smallest absolute Gasteiger partial charge is 0.319 e. The van der Waals surface area contributed by atoms with E-state index in [4.69, 9.17) is 0 Å². The largest absolute Gasteiger partial charge is 0.349 e. The Labute approximate surface area is 175 Å². The third kappa shape index (κ3) is 5.37.